The summed E-state index contributed by atoms with van der Waals surface area (Å²) in [6.45, 7) is 0.519. The van der Waals surface area contributed by atoms with Gasteiger partial charge in [-0.1, -0.05) is 18.2 Å². The van der Waals surface area contributed by atoms with Crippen molar-refractivity contribution in [3.63, 3.8) is 0 Å². The third kappa shape index (κ3) is 4.10. The van der Waals surface area contributed by atoms with Gasteiger partial charge >= 0.3 is 0 Å². The Labute approximate surface area is 177 Å². The predicted octanol–water partition coefficient (Wildman–Crippen LogP) is 4.13. The second-order valence-corrected chi connectivity index (χ2v) is 7.76. The van der Waals surface area contributed by atoms with Crippen molar-refractivity contribution in [2.24, 2.45) is 0 Å². The van der Waals surface area contributed by atoms with Crippen molar-refractivity contribution in [1.29, 1.82) is 0 Å². The number of amides is 2. The topological polar surface area (TPSA) is 71.5 Å². The summed E-state index contributed by atoms with van der Waals surface area (Å²) in [4.78, 5) is 30.7. The molecule has 1 aliphatic heterocycles. The van der Waals surface area contributed by atoms with Gasteiger partial charge in [0.15, 0.2) is 5.13 Å². The molecular formula is C22H20FN3O3S. The van der Waals surface area contributed by atoms with Crippen LogP contribution in [0.25, 0.3) is 11.3 Å². The van der Waals surface area contributed by atoms with Crippen molar-refractivity contribution < 1.29 is 18.7 Å². The molecule has 30 heavy (non-hydrogen) atoms. The number of rotatable bonds is 5. The van der Waals surface area contributed by atoms with Gasteiger partial charge in [-0.25, -0.2) is 9.37 Å². The van der Waals surface area contributed by atoms with Gasteiger partial charge < -0.3 is 9.64 Å². The van der Waals surface area contributed by atoms with Crippen LogP contribution in [0.2, 0.25) is 0 Å². The lowest BCUT2D eigenvalue weighted by Gasteiger charge is -2.30. The quantitative estimate of drug-likeness (QED) is 0.667. The van der Waals surface area contributed by atoms with Crippen LogP contribution < -0.4 is 10.2 Å². The second kappa shape index (κ2) is 8.73. The number of benzene rings is 2. The lowest BCUT2D eigenvalue weighted by molar-refractivity contribution is -0.119. The number of hydrogen-bond acceptors (Lipinski definition) is 5. The number of halogens is 1. The monoisotopic (exact) mass is 425 g/mol. The van der Waals surface area contributed by atoms with Crippen LogP contribution in [-0.2, 0) is 16.0 Å². The molecule has 0 fully saturated rings. The van der Waals surface area contributed by atoms with Gasteiger partial charge in [-0.3, -0.25) is 14.9 Å². The third-order valence-electron chi connectivity index (χ3n) is 4.87. The van der Waals surface area contributed by atoms with Crippen molar-refractivity contribution in [1.82, 2.24) is 4.98 Å². The van der Waals surface area contributed by atoms with E-state index in [1.807, 2.05) is 23.6 Å². The number of thiazole rings is 1. The molecule has 1 N–H and O–H groups in total. The second-order valence-electron chi connectivity index (χ2n) is 6.90. The number of anilines is 2. The fraction of sp³-hybridized carbons (Fsp3) is 0.227. The zero-order valence-electron chi connectivity index (χ0n) is 16.4. The molecule has 0 unspecified atom stereocenters. The van der Waals surface area contributed by atoms with Crippen molar-refractivity contribution in [3.05, 3.63) is 64.8 Å². The van der Waals surface area contributed by atoms with E-state index in [-0.39, 0.29) is 24.0 Å². The molecule has 154 valence electrons. The molecule has 1 aliphatic rings. The summed E-state index contributed by atoms with van der Waals surface area (Å²) in [7, 11) is 1.46. The number of aromatic nitrogens is 1. The van der Waals surface area contributed by atoms with E-state index >= 15 is 0 Å². The van der Waals surface area contributed by atoms with Gasteiger partial charge in [0.1, 0.15) is 12.4 Å². The van der Waals surface area contributed by atoms with Gasteiger partial charge in [-0.2, -0.15) is 0 Å². The zero-order chi connectivity index (χ0) is 21.1. The number of ether oxygens (including phenoxy) is 1. The van der Waals surface area contributed by atoms with Crippen LogP contribution in [0.15, 0.2) is 47.8 Å². The average Bonchev–Trinajstić information content (AvgIpc) is 3.21. The zero-order valence-corrected chi connectivity index (χ0v) is 17.2. The SMILES string of the molecule is COCC(=O)Nc1nc(-c2ccc3c(c2)CCCN3C(=O)c2ccccc2F)cs1. The lowest BCUT2D eigenvalue weighted by Crippen LogP contribution is -2.36. The highest BCUT2D eigenvalue weighted by Crippen LogP contribution is 2.33. The molecule has 2 amide bonds. The summed E-state index contributed by atoms with van der Waals surface area (Å²) in [6, 6.07) is 11.8. The first-order chi connectivity index (χ1) is 14.6. The minimum atomic E-state index is -0.517. The highest BCUT2D eigenvalue weighted by Gasteiger charge is 2.25. The summed E-state index contributed by atoms with van der Waals surface area (Å²) in [5.41, 5.74) is 3.53. The molecule has 3 aromatic rings. The van der Waals surface area contributed by atoms with Gasteiger partial charge in [0.25, 0.3) is 11.8 Å². The van der Waals surface area contributed by atoms with Crippen molar-refractivity contribution in [3.8, 4) is 11.3 Å². The van der Waals surface area contributed by atoms with Crippen LogP contribution in [0, 0.1) is 5.82 Å². The van der Waals surface area contributed by atoms with Crippen LogP contribution in [0.5, 0.6) is 0 Å². The molecule has 1 aromatic heterocycles. The number of nitrogens with one attached hydrogen (secondary N) is 1. The molecule has 0 aliphatic carbocycles. The Kier molecular flexibility index (Phi) is 5.87. The summed E-state index contributed by atoms with van der Waals surface area (Å²) in [5.74, 6) is -1.11. The predicted molar refractivity (Wildman–Crippen MR) is 114 cm³/mol. The number of methoxy groups -OCH3 is 1. The van der Waals surface area contributed by atoms with Crippen LogP contribution in [0.1, 0.15) is 22.3 Å². The molecule has 0 saturated carbocycles. The first kappa shape index (κ1) is 20.2. The van der Waals surface area contributed by atoms with Gasteiger partial charge in [0.2, 0.25) is 0 Å². The molecule has 2 aromatic carbocycles. The Balaban J connectivity index is 1.58. The first-order valence-electron chi connectivity index (χ1n) is 9.51. The summed E-state index contributed by atoms with van der Waals surface area (Å²) >= 11 is 1.34. The van der Waals surface area contributed by atoms with Gasteiger partial charge in [0, 0.05) is 30.3 Å². The number of carbonyl (C=O) groups excluding carboxylic acids is 2. The van der Waals surface area contributed by atoms with Crippen LogP contribution in [0.3, 0.4) is 0 Å². The molecule has 6 nitrogen and oxygen atoms in total. The molecule has 4 rings (SSSR count). The van der Waals surface area contributed by atoms with E-state index in [1.165, 1.54) is 30.6 Å². The van der Waals surface area contributed by atoms with Gasteiger partial charge in [-0.15, -0.1) is 11.3 Å². The summed E-state index contributed by atoms with van der Waals surface area (Å²) in [6.07, 6.45) is 1.62. The largest absolute Gasteiger partial charge is 0.375 e. The lowest BCUT2D eigenvalue weighted by atomic mass is 9.97. The van der Waals surface area contributed by atoms with E-state index in [2.05, 4.69) is 10.3 Å². The van der Waals surface area contributed by atoms with Crippen molar-refractivity contribution >= 4 is 34.0 Å². The van der Waals surface area contributed by atoms with Gasteiger partial charge in [0.05, 0.1) is 11.3 Å². The Morgan fingerprint density at radius 2 is 2.10 bits per heavy atom. The normalized spacial score (nSPS) is 13.1. The van der Waals surface area contributed by atoms with Crippen LogP contribution in [0.4, 0.5) is 15.2 Å². The summed E-state index contributed by atoms with van der Waals surface area (Å²) < 4.78 is 18.9. The summed E-state index contributed by atoms with van der Waals surface area (Å²) in [5, 5.41) is 5.07. The Morgan fingerprint density at radius 1 is 1.27 bits per heavy atom. The molecule has 8 heteroatoms. The van der Waals surface area contributed by atoms with Crippen LogP contribution in [-0.4, -0.2) is 37.1 Å². The average molecular weight is 425 g/mol. The van der Waals surface area contributed by atoms with E-state index in [0.717, 1.165) is 35.3 Å². The molecular weight excluding hydrogens is 405 g/mol. The Hall–Kier alpha value is -3.10. The molecule has 0 bridgehead atoms. The van der Waals surface area contributed by atoms with E-state index in [9.17, 15) is 14.0 Å². The highest BCUT2D eigenvalue weighted by molar-refractivity contribution is 7.14. The molecule has 0 saturated heterocycles. The number of hydrogen-bond donors (Lipinski definition) is 1. The smallest absolute Gasteiger partial charge is 0.261 e. The van der Waals surface area contributed by atoms with E-state index in [1.54, 1.807) is 17.0 Å². The first-order valence-corrected chi connectivity index (χ1v) is 10.4. The van der Waals surface area contributed by atoms with E-state index in [0.29, 0.717) is 11.7 Å². The van der Waals surface area contributed by atoms with Crippen LogP contribution >= 0.6 is 11.3 Å². The molecule has 0 radical (unpaired) electrons. The fourth-order valence-electron chi connectivity index (χ4n) is 3.50. The number of nitrogens with zero attached hydrogens (tertiary/aromatic N) is 2. The Morgan fingerprint density at radius 3 is 2.90 bits per heavy atom. The minimum Gasteiger partial charge on any atom is -0.375 e. The van der Waals surface area contributed by atoms with E-state index < -0.39 is 5.82 Å². The molecule has 2 heterocycles. The maximum Gasteiger partial charge on any atom is 0.261 e. The molecule has 0 atom stereocenters. The highest BCUT2D eigenvalue weighted by atomic mass is 32.1. The van der Waals surface area contributed by atoms with Crippen molar-refractivity contribution in [2.45, 2.75) is 12.8 Å². The Bertz CT molecular complexity index is 1100. The minimum absolute atomic E-state index is 0.0281. The standard InChI is InChI=1S/C22H20FN3O3S/c1-29-12-20(27)25-22-24-18(13-30-22)14-8-9-19-15(11-14)5-4-10-26(19)21(28)16-6-2-3-7-17(16)23/h2-3,6-9,11,13H,4-5,10,12H2,1H3,(H,24,25,27). The third-order valence-corrected chi connectivity index (χ3v) is 5.63. The van der Waals surface area contributed by atoms with Crippen molar-refractivity contribution in [2.75, 3.05) is 30.5 Å². The maximum absolute atomic E-state index is 14.1. The maximum atomic E-state index is 14.1. The number of fused-ring (bicyclic) bond motifs is 1. The van der Waals surface area contributed by atoms with E-state index in [4.69, 9.17) is 4.74 Å². The number of aryl methyl sites for hydroxylation is 1. The number of carbonyl (C=O) groups is 2. The fourth-order valence-corrected chi connectivity index (χ4v) is 4.23. The molecule has 0 spiro atoms. The van der Waals surface area contributed by atoms with Gasteiger partial charge in [-0.05, 0) is 42.7 Å².